The molecule has 0 radical (unpaired) electrons. The Morgan fingerprint density at radius 1 is 1.11 bits per heavy atom. The molecule has 0 unspecified atom stereocenters. The molecule has 27 heavy (non-hydrogen) atoms. The predicted octanol–water partition coefficient (Wildman–Crippen LogP) is 1.76. The predicted molar refractivity (Wildman–Crippen MR) is 96.0 cm³/mol. The van der Waals surface area contributed by atoms with Crippen LogP contribution in [-0.2, 0) is 21.2 Å². The average Bonchev–Trinajstić information content (AvgIpc) is 2.64. The first-order valence-corrected chi connectivity index (χ1v) is 9.51. The summed E-state index contributed by atoms with van der Waals surface area (Å²) in [6, 6.07) is 10.6. The van der Waals surface area contributed by atoms with Crippen molar-refractivity contribution in [3.8, 4) is 0 Å². The molecular weight excluding hydrogens is 377 g/mol. The number of nitro benzene ring substituents is 1. The molecule has 0 saturated carbocycles. The maximum atomic E-state index is 13.1. The summed E-state index contributed by atoms with van der Waals surface area (Å²) in [6.07, 6.45) is 0.504. The van der Waals surface area contributed by atoms with Gasteiger partial charge in [0.05, 0.1) is 9.82 Å². The van der Waals surface area contributed by atoms with Gasteiger partial charge in [0.2, 0.25) is 15.9 Å². The highest BCUT2D eigenvalue weighted by Crippen LogP contribution is 2.16. The van der Waals surface area contributed by atoms with Gasteiger partial charge in [-0.1, -0.05) is 18.2 Å². The van der Waals surface area contributed by atoms with E-state index in [1.807, 2.05) is 0 Å². The molecule has 0 aromatic heterocycles. The van der Waals surface area contributed by atoms with Crippen LogP contribution in [0.4, 0.5) is 10.1 Å². The van der Waals surface area contributed by atoms with Crippen LogP contribution in [0.15, 0.2) is 53.4 Å². The number of hydrogen-bond donors (Lipinski definition) is 2. The van der Waals surface area contributed by atoms with E-state index < -0.39 is 14.9 Å². The molecule has 0 heterocycles. The SMILES string of the molecule is O=C(CCc1cccc(F)c1)NCCNS(=O)(=O)c1cccc([N+](=O)[O-])c1. The van der Waals surface area contributed by atoms with Crippen LogP contribution < -0.4 is 10.0 Å². The lowest BCUT2D eigenvalue weighted by atomic mass is 10.1. The summed E-state index contributed by atoms with van der Waals surface area (Å²) in [5.74, 6) is -0.669. The highest BCUT2D eigenvalue weighted by atomic mass is 32.2. The van der Waals surface area contributed by atoms with Gasteiger partial charge in [-0.3, -0.25) is 14.9 Å². The molecular formula is C17H18FN3O5S. The lowest BCUT2D eigenvalue weighted by Gasteiger charge is -2.08. The molecule has 2 aromatic carbocycles. The van der Waals surface area contributed by atoms with Crippen LogP contribution in [0, 0.1) is 15.9 Å². The zero-order valence-corrected chi connectivity index (χ0v) is 15.0. The van der Waals surface area contributed by atoms with Crippen molar-refractivity contribution in [2.75, 3.05) is 13.1 Å². The lowest BCUT2D eigenvalue weighted by Crippen LogP contribution is -2.34. The van der Waals surface area contributed by atoms with Gasteiger partial charge in [0, 0.05) is 31.6 Å². The van der Waals surface area contributed by atoms with Gasteiger partial charge in [0.15, 0.2) is 0 Å². The number of carbonyl (C=O) groups excluding carboxylic acids is 1. The number of halogens is 1. The summed E-state index contributed by atoms with van der Waals surface area (Å²) in [4.78, 5) is 21.6. The fourth-order valence-corrected chi connectivity index (χ4v) is 3.34. The lowest BCUT2D eigenvalue weighted by molar-refractivity contribution is -0.385. The van der Waals surface area contributed by atoms with Gasteiger partial charge < -0.3 is 5.32 Å². The van der Waals surface area contributed by atoms with E-state index in [-0.39, 0.29) is 41.8 Å². The third-order valence-corrected chi connectivity index (χ3v) is 5.07. The van der Waals surface area contributed by atoms with Crippen molar-refractivity contribution in [2.24, 2.45) is 0 Å². The molecule has 0 aliphatic rings. The van der Waals surface area contributed by atoms with Crippen molar-refractivity contribution in [3.63, 3.8) is 0 Å². The number of nitro groups is 1. The maximum Gasteiger partial charge on any atom is 0.270 e. The van der Waals surface area contributed by atoms with Crippen molar-refractivity contribution >= 4 is 21.6 Å². The average molecular weight is 395 g/mol. The third kappa shape index (κ3) is 6.42. The molecule has 10 heteroatoms. The molecule has 0 atom stereocenters. The first kappa shape index (κ1) is 20.5. The Kier molecular flexibility index (Phi) is 6.97. The van der Waals surface area contributed by atoms with Crippen molar-refractivity contribution in [3.05, 3.63) is 70.0 Å². The van der Waals surface area contributed by atoms with Crippen molar-refractivity contribution in [1.82, 2.24) is 10.0 Å². The van der Waals surface area contributed by atoms with Crippen molar-refractivity contribution in [1.29, 1.82) is 0 Å². The standard InChI is InChI=1S/C17H18FN3O5S/c18-14-4-1-3-13(11-14)7-8-17(22)19-9-10-20-27(25,26)16-6-2-5-15(12-16)21(23)24/h1-6,11-12,20H,7-10H2,(H,19,22). The number of non-ortho nitro benzene ring substituents is 1. The normalized spacial score (nSPS) is 11.1. The highest BCUT2D eigenvalue weighted by Gasteiger charge is 2.17. The first-order chi connectivity index (χ1) is 12.8. The van der Waals surface area contributed by atoms with E-state index in [1.165, 1.54) is 30.3 Å². The molecule has 2 N–H and O–H groups in total. The Morgan fingerprint density at radius 2 is 1.85 bits per heavy atom. The fourth-order valence-electron chi connectivity index (χ4n) is 2.27. The van der Waals surface area contributed by atoms with Crippen LogP contribution in [0.5, 0.6) is 0 Å². The van der Waals surface area contributed by atoms with Crippen LogP contribution in [0.1, 0.15) is 12.0 Å². The van der Waals surface area contributed by atoms with Gasteiger partial charge in [0.1, 0.15) is 5.82 Å². The zero-order valence-electron chi connectivity index (χ0n) is 14.2. The molecule has 0 saturated heterocycles. The summed E-state index contributed by atoms with van der Waals surface area (Å²) >= 11 is 0. The number of aryl methyl sites for hydroxylation is 1. The number of nitrogens with zero attached hydrogens (tertiary/aromatic N) is 1. The Hall–Kier alpha value is -2.85. The Morgan fingerprint density at radius 3 is 2.56 bits per heavy atom. The fraction of sp³-hybridized carbons (Fsp3) is 0.235. The van der Waals surface area contributed by atoms with Gasteiger partial charge in [-0.2, -0.15) is 0 Å². The molecule has 8 nitrogen and oxygen atoms in total. The van der Waals surface area contributed by atoms with Crippen LogP contribution in [0.25, 0.3) is 0 Å². The van der Waals surface area contributed by atoms with Gasteiger partial charge in [0.25, 0.3) is 5.69 Å². The van der Waals surface area contributed by atoms with Gasteiger partial charge in [-0.05, 0) is 30.2 Å². The second-order valence-electron chi connectivity index (χ2n) is 5.63. The quantitative estimate of drug-likeness (QED) is 0.381. The number of benzene rings is 2. The van der Waals surface area contributed by atoms with Crippen LogP contribution >= 0.6 is 0 Å². The number of rotatable bonds is 9. The molecule has 0 bridgehead atoms. The van der Waals surface area contributed by atoms with E-state index >= 15 is 0 Å². The van der Waals surface area contributed by atoms with Crippen LogP contribution in [-0.4, -0.2) is 32.3 Å². The molecule has 144 valence electrons. The number of nitrogens with one attached hydrogen (secondary N) is 2. The Bertz CT molecular complexity index is 934. The smallest absolute Gasteiger partial charge is 0.270 e. The van der Waals surface area contributed by atoms with Gasteiger partial charge in [-0.25, -0.2) is 17.5 Å². The Balaban J connectivity index is 1.77. The first-order valence-electron chi connectivity index (χ1n) is 8.03. The van der Waals surface area contributed by atoms with Crippen molar-refractivity contribution < 1.29 is 22.5 Å². The maximum absolute atomic E-state index is 13.1. The monoisotopic (exact) mass is 395 g/mol. The topological polar surface area (TPSA) is 118 Å². The largest absolute Gasteiger partial charge is 0.355 e. The number of amides is 1. The molecule has 0 aliphatic carbocycles. The van der Waals surface area contributed by atoms with Crippen LogP contribution in [0.3, 0.4) is 0 Å². The molecule has 1 amide bonds. The second kappa shape index (κ2) is 9.19. The third-order valence-electron chi connectivity index (χ3n) is 3.61. The van der Waals surface area contributed by atoms with Gasteiger partial charge in [-0.15, -0.1) is 0 Å². The number of sulfonamides is 1. The number of hydrogen-bond acceptors (Lipinski definition) is 5. The van der Waals surface area contributed by atoms with Gasteiger partial charge >= 0.3 is 0 Å². The number of carbonyl (C=O) groups is 1. The van der Waals surface area contributed by atoms with E-state index in [4.69, 9.17) is 0 Å². The summed E-state index contributed by atoms with van der Waals surface area (Å²) in [7, 11) is -3.92. The van der Waals surface area contributed by atoms with E-state index in [9.17, 15) is 27.7 Å². The molecule has 2 aromatic rings. The second-order valence-corrected chi connectivity index (χ2v) is 7.40. The van der Waals surface area contributed by atoms with E-state index in [0.717, 1.165) is 6.07 Å². The minimum Gasteiger partial charge on any atom is -0.355 e. The summed E-state index contributed by atoms with van der Waals surface area (Å²) < 4.78 is 39.5. The minimum atomic E-state index is -3.92. The summed E-state index contributed by atoms with van der Waals surface area (Å²) in [5, 5.41) is 13.3. The van der Waals surface area contributed by atoms with Crippen LogP contribution in [0.2, 0.25) is 0 Å². The molecule has 0 spiro atoms. The molecule has 0 fully saturated rings. The Labute approximate surface area is 155 Å². The van der Waals surface area contributed by atoms with E-state index in [1.54, 1.807) is 12.1 Å². The highest BCUT2D eigenvalue weighted by molar-refractivity contribution is 7.89. The zero-order chi connectivity index (χ0) is 19.9. The molecule has 2 rings (SSSR count). The van der Waals surface area contributed by atoms with E-state index in [0.29, 0.717) is 12.0 Å². The summed E-state index contributed by atoms with van der Waals surface area (Å²) in [6.45, 7) is -0.0210. The van der Waals surface area contributed by atoms with E-state index in [2.05, 4.69) is 10.0 Å². The minimum absolute atomic E-state index is 0.0517. The van der Waals surface area contributed by atoms with Crippen molar-refractivity contribution in [2.45, 2.75) is 17.7 Å². The molecule has 0 aliphatic heterocycles. The summed E-state index contributed by atoms with van der Waals surface area (Å²) in [5.41, 5.74) is 0.361.